The first-order valence-corrected chi connectivity index (χ1v) is 8.61. The number of hydrogen-bond acceptors (Lipinski definition) is 4. The van der Waals surface area contributed by atoms with Gasteiger partial charge in [-0.2, -0.15) is 0 Å². The monoisotopic (exact) mass is 321 g/mol. The maximum absolute atomic E-state index is 5.89. The topological polar surface area (TPSA) is 28.2 Å². The van der Waals surface area contributed by atoms with Gasteiger partial charge in [0.1, 0.15) is 0 Å². The van der Waals surface area contributed by atoms with Crippen molar-refractivity contribution >= 4 is 34.3 Å². The highest BCUT2D eigenvalue weighted by Gasteiger charge is 2.14. The summed E-state index contributed by atoms with van der Waals surface area (Å²) in [6.07, 6.45) is 5.77. The van der Waals surface area contributed by atoms with E-state index in [1.54, 1.807) is 0 Å². The minimum Gasteiger partial charge on any atom is -0.378 e. The lowest BCUT2D eigenvalue weighted by atomic mass is 10.1. The zero-order chi connectivity index (χ0) is 14.7. The predicted molar refractivity (Wildman–Crippen MR) is 91.7 cm³/mol. The third kappa shape index (κ3) is 3.69. The average molecular weight is 322 g/mol. The number of aryl methyl sites for hydroxylation is 1. The molecule has 21 heavy (non-hydrogen) atoms. The second kappa shape index (κ2) is 6.67. The molecule has 0 spiro atoms. The van der Waals surface area contributed by atoms with E-state index in [9.17, 15) is 0 Å². The molecule has 3 rings (SSSR count). The molecule has 0 atom stereocenters. The number of halogens is 1. The molecular weight excluding hydrogens is 302 g/mol. The normalized spacial score (nSPS) is 15.2. The van der Waals surface area contributed by atoms with Crippen molar-refractivity contribution in [3.05, 3.63) is 39.3 Å². The molecule has 1 aromatic heterocycles. The molecule has 1 aliphatic rings. The highest BCUT2D eigenvalue weighted by molar-refractivity contribution is 7.15. The van der Waals surface area contributed by atoms with Gasteiger partial charge in [0, 0.05) is 24.2 Å². The molecule has 0 amide bonds. The molecule has 1 saturated heterocycles. The van der Waals surface area contributed by atoms with Crippen LogP contribution in [0.2, 0.25) is 4.47 Å². The number of piperidine rings is 1. The lowest BCUT2D eigenvalue weighted by Gasteiger charge is -2.31. The Hall–Kier alpha value is -1.26. The van der Waals surface area contributed by atoms with Crippen LogP contribution < -0.4 is 10.2 Å². The van der Waals surface area contributed by atoms with E-state index < -0.39 is 0 Å². The van der Waals surface area contributed by atoms with Gasteiger partial charge in [-0.1, -0.05) is 17.7 Å². The summed E-state index contributed by atoms with van der Waals surface area (Å²) in [4.78, 5) is 7.74. The van der Waals surface area contributed by atoms with Gasteiger partial charge in [0.2, 0.25) is 0 Å². The third-order valence-electron chi connectivity index (χ3n) is 3.83. The first-order valence-electron chi connectivity index (χ1n) is 7.42. The molecule has 2 heterocycles. The minimum atomic E-state index is 0.604. The number of anilines is 2. The van der Waals surface area contributed by atoms with Crippen LogP contribution >= 0.6 is 22.9 Å². The van der Waals surface area contributed by atoms with Crippen molar-refractivity contribution in [3.8, 4) is 0 Å². The van der Waals surface area contributed by atoms with E-state index >= 15 is 0 Å². The Kier molecular flexibility index (Phi) is 4.66. The molecule has 2 aromatic rings. The molecule has 1 aliphatic heterocycles. The number of nitrogens with one attached hydrogen (secondary N) is 1. The van der Waals surface area contributed by atoms with Crippen molar-refractivity contribution in [2.45, 2.75) is 32.7 Å². The van der Waals surface area contributed by atoms with Crippen molar-refractivity contribution in [2.75, 3.05) is 23.3 Å². The Bertz CT molecular complexity index is 605. The van der Waals surface area contributed by atoms with E-state index in [4.69, 9.17) is 11.6 Å². The van der Waals surface area contributed by atoms with Gasteiger partial charge >= 0.3 is 0 Å². The third-order valence-corrected chi connectivity index (χ3v) is 4.94. The van der Waals surface area contributed by atoms with E-state index in [0.717, 1.165) is 24.5 Å². The van der Waals surface area contributed by atoms with Crippen molar-refractivity contribution in [1.29, 1.82) is 0 Å². The summed E-state index contributed by atoms with van der Waals surface area (Å²) in [6, 6.07) is 6.66. The molecule has 1 N–H and O–H groups in total. The number of benzene rings is 1. The first kappa shape index (κ1) is 14.7. The Morgan fingerprint density at radius 3 is 2.81 bits per heavy atom. The van der Waals surface area contributed by atoms with Crippen molar-refractivity contribution in [3.63, 3.8) is 0 Å². The molecule has 0 unspecified atom stereocenters. The average Bonchev–Trinajstić information content (AvgIpc) is 2.92. The van der Waals surface area contributed by atoms with Gasteiger partial charge in [-0.15, -0.1) is 11.3 Å². The van der Waals surface area contributed by atoms with E-state index in [1.165, 1.54) is 47.5 Å². The van der Waals surface area contributed by atoms with Gasteiger partial charge in [-0.25, -0.2) is 4.98 Å². The largest absolute Gasteiger partial charge is 0.378 e. The van der Waals surface area contributed by atoms with Crippen LogP contribution in [-0.2, 0) is 6.54 Å². The molecule has 1 fully saturated rings. The van der Waals surface area contributed by atoms with Gasteiger partial charge in [0.05, 0.1) is 17.9 Å². The second-order valence-electron chi connectivity index (χ2n) is 5.50. The lowest BCUT2D eigenvalue weighted by Crippen LogP contribution is -2.30. The molecule has 0 bridgehead atoms. The fourth-order valence-electron chi connectivity index (χ4n) is 2.75. The molecule has 5 heteroatoms. The van der Waals surface area contributed by atoms with Crippen LogP contribution in [0.25, 0.3) is 0 Å². The van der Waals surface area contributed by atoms with E-state index in [1.807, 2.05) is 6.20 Å². The van der Waals surface area contributed by atoms with Crippen LogP contribution in [0.1, 0.15) is 29.7 Å². The maximum atomic E-state index is 5.89. The van der Waals surface area contributed by atoms with Gasteiger partial charge in [-0.3, -0.25) is 0 Å². The van der Waals surface area contributed by atoms with E-state index in [0.29, 0.717) is 4.47 Å². The molecular formula is C16H20ClN3S. The fraction of sp³-hybridized carbons (Fsp3) is 0.438. The summed E-state index contributed by atoms with van der Waals surface area (Å²) in [6.45, 7) is 5.22. The molecule has 0 aliphatic carbocycles. The molecule has 1 aromatic carbocycles. The second-order valence-corrected chi connectivity index (χ2v) is 7.20. The highest BCUT2D eigenvalue weighted by atomic mass is 35.5. The fourth-order valence-corrected chi connectivity index (χ4v) is 3.67. The Balaban J connectivity index is 1.77. The summed E-state index contributed by atoms with van der Waals surface area (Å²) in [5.41, 5.74) is 3.80. The minimum absolute atomic E-state index is 0.604. The summed E-state index contributed by atoms with van der Waals surface area (Å²) in [7, 11) is 0. The summed E-state index contributed by atoms with van der Waals surface area (Å²) in [5.74, 6) is 0. The highest BCUT2D eigenvalue weighted by Crippen LogP contribution is 2.30. The summed E-state index contributed by atoms with van der Waals surface area (Å²) in [5, 5.41) is 3.55. The van der Waals surface area contributed by atoms with Gasteiger partial charge in [0.15, 0.2) is 4.47 Å². The number of hydrogen-bond donors (Lipinski definition) is 1. The standard InChI is InChI=1S/C16H20ClN3S/c1-12-5-6-15(20-7-3-2-4-8-20)14(9-12)18-10-13-11-19-16(17)21-13/h5-6,9,11,18H,2-4,7-8,10H2,1H3. The Labute approximate surface area is 135 Å². The van der Waals surface area contributed by atoms with Crippen LogP contribution in [0, 0.1) is 6.92 Å². The Morgan fingerprint density at radius 2 is 2.10 bits per heavy atom. The number of aromatic nitrogens is 1. The smallest absolute Gasteiger partial charge is 0.183 e. The molecule has 0 saturated carbocycles. The summed E-state index contributed by atoms with van der Waals surface area (Å²) >= 11 is 7.42. The van der Waals surface area contributed by atoms with Crippen LogP contribution in [0.3, 0.4) is 0 Å². The lowest BCUT2D eigenvalue weighted by molar-refractivity contribution is 0.578. The number of rotatable bonds is 4. The van der Waals surface area contributed by atoms with Crippen molar-refractivity contribution in [2.24, 2.45) is 0 Å². The Morgan fingerprint density at radius 1 is 1.29 bits per heavy atom. The molecule has 3 nitrogen and oxygen atoms in total. The molecule has 0 radical (unpaired) electrons. The maximum Gasteiger partial charge on any atom is 0.183 e. The predicted octanol–water partition coefficient (Wildman–Crippen LogP) is 4.71. The number of nitrogens with zero attached hydrogens (tertiary/aromatic N) is 2. The van der Waals surface area contributed by atoms with E-state index in [-0.39, 0.29) is 0 Å². The van der Waals surface area contributed by atoms with Crippen LogP contribution in [0.15, 0.2) is 24.4 Å². The SMILES string of the molecule is Cc1ccc(N2CCCCC2)c(NCc2cnc(Cl)s2)c1. The van der Waals surface area contributed by atoms with Crippen LogP contribution in [0.5, 0.6) is 0 Å². The number of thiazole rings is 1. The first-order chi connectivity index (χ1) is 10.2. The molecule has 112 valence electrons. The zero-order valence-corrected chi connectivity index (χ0v) is 13.8. The summed E-state index contributed by atoms with van der Waals surface area (Å²) < 4.78 is 0.604. The van der Waals surface area contributed by atoms with Gasteiger partial charge in [0.25, 0.3) is 0 Å². The van der Waals surface area contributed by atoms with E-state index in [2.05, 4.69) is 40.3 Å². The van der Waals surface area contributed by atoms with Crippen LogP contribution in [-0.4, -0.2) is 18.1 Å². The zero-order valence-electron chi connectivity index (χ0n) is 12.2. The quantitative estimate of drug-likeness (QED) is 0.884. The van der Waals surface area contributed by atoms with Gasteiger partial charge in [-0.05, 0) is 43.9 Å². The van der Waals surface area contributed by atoms with Crippen molar-refractivity contribution in [1.82, 2.24) is 4.98 Å². The van der Waals surface area contributed by atoms with Crippen LogP contribution in [0.4, 0.5) is 11.4 Å². The van der Waals surface area contributed by atoms with Crippen molar-refractivity contribution < 1.29 is 0 Å². The van der Waals surface area contributed by atoms with Gasteiger partial charge < -0.3 is 10.2 Å².